The number of benzene rings is 9. The molecule has 3 aromatic heterocycles. The molecule has 4 heteroatoms. The summed E-state index contributed by atoms with van der Waals surface area (Å²) < 4.78 is 9.09. The first-order chi connectivity index (χ1) is 29.7. The molecule has 13 rings (SSSR count). The van der Waals surface area contributed by atoms with Gasteiger partial charge in [-0.3, -0.25) is 0 Å². The summed E-state index contributed by atoms with van der Waals surface area (Å²) in [4.78, 5) is 7.90. The highest BCUT2D eigenvalue weighted by Crippen LogP contribution is 2.53. The molecule has 0 radical (unpaired) electrons. The second-order valence-corrected chi connectivity index (χ2v) is 15.9. The number of fused-ring (bicyclic) bond motifs is 10. The number of pyridine rings is 1. The number of para-hydroxylation sites is 3. The summed E-state index contributed by atoms with van der Waals surface area (Å²) in [6.45, 7) is 2.19. The molecule has 9 aromatic carbocycles. The summed E-state index contributed by atoms with van der Waals surface area (Å²) in [5.74, 6) is 0. The zero-order valence-electron chi connectivity index (χ0n) is 32.7. The van der Waals surface area contributed by atoms with E-state index < -0.39 is 0 Å². The Balaban J connectivity index is 1.02. The molecule has 4 heterocycles. The number of aromatic nitrogens is 2. The second kappa shape index (κ2) is 12.5. The lowest BCUT2D eigenvalue weighted by Crippen LogP contribution is -2.15. The Morgan fingerprint density at radius 3 is 2.05 bits per heavy atom. The summed E-state index contributed by atoms with van der Waals surface area (Å²) >= 11 is 0. The van der Waals surface area contributed by atoms with Crippen molar-refractivity contribution in [1.29, 1.82) is 0 Å². The van der Waals surface area contributed by atoms with Gasteiger partial charge >= 0.3 is 0 Å². The Labute approximate surface area is 345 Å². The van der Waals surface area contributed by atoms with Crippen LogP contribution in [0.5, 0.6) is 0 Å². The van der Waals surface area contributed by atoms with Crippen molar-refractivity contribution >= 4 is 82.5 Å². The molecule has 1 aliphatic rings. The van der Waals surface area contributed by atoms with Crippen LogP contribution < -0.4 is 4.90 Å². The van der Waals surface area contributed by atoms with E-state index in [1.807, 2.05) is 12.1 Å². The standard InChI is InChI=1S/C56H35N3O/c1-34-51(38-28-32-48-46(33-38)42-19-7-9-22-47(42)58(48)39-16-3-2-4-17-39)56-54(45-20-8-10-24-50(45)60-56)57-53(34)37-25-29-40(30-26-37)59-49-23-12-15-36-14-11-21-43(52(36)49)44-31-27-35-13-5-6-18-41(35)55(44)59/h2-33H,1H3. The van der Waals surface area contributed by atoms with Crippen LogP contribution >= 0.6 is 0 Å². The second-order valence-electron chi connectivity index (χ2n) is 15.9. The summed E-state index contributed by atoms with van der Waals surface area (Å²) in [5, 5.41) is 8.39. The number of furan rings is 1. The normalized spacial score (nSPS) is 12.4. The zero-order chi connectivity index (χ0) is 39.5. The van der Waals surface area contributed by atoms with E-state index in [0.29, 0.717) is 0 Å². The Hall–Kier alpha value is -7.95. The maximum Gasteiger partial charge on any atom is 0.161 e. The van der Waals surface area contributed by atoms with Crippen LogP contribution in [0.15, 0.2) is 199 Å². The molecule has 0 aliphatic carbocycles. The molecule has 0 atom stereocenters. The third kappa shape index (κ3) is 4.64. The van der Waals surface area contributed by atoms with Gasteiger partial charge in [0.05, 0.1) is 28.1 Å². The summed E-state index contributed by atoms with van der Waals surface area (Å²) in [6, 6.07) is 70.0. The highest BCUT2D eigenvalue weighted by atomic mass is 16.3. The van der Waals surface area contributed by atoms with Crippen LogP contribution in [-0.4, -0.2) is 9.55 Å². The number of hydrogen-bond donors (Lipinski definition) is 0. The molecule has 0 saturated carbocycles. The molecular weight excluding hydrogens is 731 g/mol. The van der Waals surface area contributed by atoms with Gasteiger partial charge in [0.15, 0.2) is 5.58 Å². The number of hydrogen-bond acceptors (Lipinski definition) is 3. The average molecular weight is 766 g/mol. The van der Waals surface area contributed by atoms with Gasteiger partial charge in [-0.15, -0.1) is 0 Å². The fraction of sp³-hybridized carbons (Fsp3) is 0.0179. The van der Waals surface area contributed by atoms with Gasteiger partial charge in [-0.05, 0) is 95.1 Å². The molecule has 1 aliphatic heterocycles. The third-order valence-electron chi connectivity index (χ3n) is 12.7. The molecule has 0 fully saturated rings. The predicted octanol–water partition coefficient (Wildman–Crippen LogP) is 15.5. The highest BCUT2D eigenvalue weighted by molar-refractivity contribution is 6.19. The first kappa shape index (κ1) is 33.1. The van der Waals surface area contributed by atoms with Gasteiger partial charge in [0.2, 0.25) is 0 Å². The minimum Gasteiger partial charge on any atom is -0.454 e. The van der Waals surface area contributed by atoms with Crippen LogP contribution in [0, 0.1) is 6.92 Å². The van der Waals surface area contributed by atoms with Crippen molar-refractivity contribution in [3.63, 3.8) is 0 Å². The lowest BCUT2D eigenvalue weighted by molar-refractivity contribution is 0.669. The molecule has 0 spiro atoms. The minimum atomic E-state index is 0.809. The first-order valence-electron chi connectivity index (χ1n) is 20.5. The lowest BCUT2D eigenvalue weighted by Gasteiger charge is -2.34. The van der Waals surface area contributed by atoms with Crippen LogP contribution in [-0.2, 0) is 0 Å². The van der Waals surface area contributed by atoms with Crippen molar-refractivity contribution in [3.05, 3.63) is 200 Å². The van der Waals surface area contributed by atoms with Gasteiger partial charge in [-0.1, -0.05) is 133 Å². The Morgan fingerprint density at radius 2 is 1.18 bits per heavy atom. The fourth-order valence-electron chi connectivity index (χ4n) is 10.0. The minimum absolute atomic E-state index is 0.809. The third-order valence-corrected chi connectivity index (χ3v) is 12.7. The molecular formula is C56H35N3O. The Kier molecular flexibility index (Phi) is 6.90. The predicted molar refractivity (Wildman–Crippen MR) is 250 cm³/mol. The summed E-state index contributed by atoms with van der Waals surface area (Å²) in [5.41, 5.74) is 17.3. The van der Waals surface area contributed by atoms with Crippen LogP contribution in [0.2, 0.25) is 0 Å². The molecule has 0 N–H and O–H groups in total. The van der Waals surface area contributed by atoms with Gasteiger partial charge in [0.25, 0.3) is 0 Å². The van der Waals surface area contributed by atoms with E-state index >= 15 is 0 Å². The zero-order valence-corrected chi connectivity index (χ0v) is 32.7. The Morgan fingerprint density at radius 1 is 0.483 bits per heavy atom. The van der Waals surface area contributed by atoms with E-state index in [2.05, 4.69) is 198 Å². The van der Waals surface area contributed by atoms with Gasteiger partial charge in [-0.2, -0.15) is 0 Å². The number of rotatable bonds is 4. The van der Waals surface area contributed by atoms with Crippen molar-refractivity contribution in [2.75, 3.05) is 4.90 Å². The van der Waals surface area contributed by atoms with Gasteiger partial charge in [-0.25, -0.2) is 4.98 Å². The van der Waals surface area contributed by atoms with E-state index in [1.54, 1.807) is 0 Å². The SMILES string of the molecule is Cc1c(-c2ccc(N3c4c(ccc5ccccc45)-c4cccc5cccc3c45)cc2)nc2c(oc3ccccc32)c1-c1ccc2c(c1)c1ccccc1n2-c1ccccc1. The number of anilines is 3. The van der Waals surface area contributed by atoms with Gasteiger partial charge in [0.1, 0.15) is 11.1 Å². The van der Waals surface area contributed by atoms with Crippen LogP contribution in [0.1, 0.15) is 5.56 Å². The van der Waals surface area contributed by atoms with Crippen LogP contribution in [0.25, 0.3) is 105 Å². The van der Waals surface area contributed by atoms with Crippen molar-refractivity contribution in [3.8, 4) is 39.2 Å². The first-order valence-corrected chi connectivity index (χ1v) is 20.5. The van der Waals surface area contributed by atoms with Gasteiger partial charge < -0.3 is 13.9 Å². The molecule has 0 unspecified atom stereocenters. The monoisotopic (exact) mass is 765 g/mol. The molecule has 12 aromatic rings. The quantitative estimate of drug-likeness (QED) is 0.179. The molecule has 60 heavy (non-hydrogen) atoms. The molecule has 0 bridgehead atoms. The van der Waals surface area contributed by atoms with E-state index in [4.69, 9.17) is 9.40 Å². The Bertz CT molecular complexity index is 3720. The molecule has 4 nitrogen and oxygen atoms in total. The summed E-state index contributed by atoms with van der Waals surface area (Å²) in [6.07, 6.45) is 0. The number of nitrogens with zero attached hydrogens (tertiary/aromatic N) is 3. The smallest absolute Gasteiger partial charge is 0.161 e. The van der Waals surface area contributed by atoms with Crippen molar-refractivity contribution in [2.45, 2.75) is 6.92 Å². The molecule has 0 amide bonds. The van der Waals surface area contributed by atoms with Crippen molar-refractivity contribution < 1.29 is 4.42 Å². The van der Waals surface area contributed by atoms with E-state index in [9.17, 15) is 0 Å². The highest BCUT2D eigenvalue weighted by Gasteiger charge is 2.28. The summed E-state index contributed by atoms with van der Waals surface area (Å²) in [7, 11) is 0. The van der Waals surface area contributed by atoms with Crippen molar-refractivity contribution in [2.24, 2.45) is 0 Å². The lowest BCUT2D eigenvalue weighted by atomic mass is 9.88. The largest absolute Gasteiger partial charge is 0.454 e. The van der Waals surface area contributed by atoms with Crippen molar-refractivity contribution in [1.82, 2.24) is 9.55 Å². The van der Waals surface area contributed by atoms with Crippen LogP contribution in [0.3, 0.4) is 0 Å². The van der Waals surface area contributed by atoms with E-state index in [-0.39, 0.29) is 0 Å². The fourth-order valence-corrected chi connectivity index (χ4v) is 10.0. The molecule has 0 saturated heterocycles. The van der Waals surface area contributed by atoms with E-state index in [1.165, 1.54) is 65.9 Å². The van der Waals surface area contributed by atoms with E-state index in [0.717, 1.165) is 61.4 Å². The maximum atomic E-state index is 6.73. The van der Waals surface area contributed by atoms with Gasteiger partial charge in [0, 0.05) is 55.0 Å². The average Bonchev–Trinajstić information content (AvgIpc) is 3.84. The maximum absolute atomic E-state index is 6.73. The van der Waals surface area contributed by atoms with Crippen LogP contribution in [0.4, 0.5) is 17.1 Å². The molecule has 280 valence electrons. The topological polar surface area (TPSA) is 34.2 Å².